The number of fused-ring (bicyclic) bond motifs is 1. The number of amides is 1. The number of likely N-dealkylation sites (tertiary alicyclic amines) is 1. The zero-order chi connectivity index (χ0) is 31.4. The molecule has 2 saturated heterocycles. The number of ether oxygens (including phenoxy) is 3. The van der Waals surface area contributed by atoms with E-state index in [1.54, 1.807) is 23.1 Å². The van der Waals surface area contributed by atoms with Gasteiger partial charge < -0.3 is 33.8 Å². The third-order valence-electron chi connectivity index (χ3n) is 8.56. The average Bonchev–Trinajstić information content (AvgIpc) is 3.27. The highest BCUT2D eigenvalue weighted by atomic mass is 19.1. The zero-order valence-electron chi connectivity index (χ0n) is 26.5. The predicted octanol–water partition coefficient (Wildman–Crippen LogP) is 4.39. The van der Waals surface area contributed by atoms with Crippen LogP contribution in [0, 0.1) is 17.1 Å². The summed E-state index contributed by atoms with van der Waals surface area (Å²) in [7, 11) is 3.57. The fourth-order valence-corrected chi connectivity index (χ4v) is 6.27. The monoisotopic (exact) mass is 609 g/mol. The fraction of sp³-hybridized carbons (Fsp3) is 0.625. The number of carbonyl (C=O) groups excluding carboxylic acids is 1. The topological polar surface area (TPSA) is 107 Å². The number of benzene rings is 1. The van der Waals surface area contributed by atoms with Gasteiger partial charge in [-0.25, -0.2) is 9.18 Å². The van der Waals surface area contributed by atoms with Crippen molar-refractivity contribution in [3.05, 3.63) is 35.3 Å². The molecule has 0 bridgehead atoms. The van der Waals surface area contributed by atoms with E-state index in [0.29, 0.717) is 63.5 Å². The molecular weight excluding hydrogens is 565 g/mol. The number of methoxy groups -OCH3 is 1. The number of rotatable bonds is 7. The molecule has 4 heterocycles. The van der Waals surface area contributed by atoms with E-state index in [1.807, 2.05) is 25.7 Å². The second-order valence-electron chi connectivity index (χ2n) is 12.8. The smallest absolute Gasteiger partial charge is 0.410 e. The third-order valence-corrected chi connectivity index (χ3v) is 8.56. The van der Waals surface area contributed by atoms with Gasteiger partial charge in [0, 0.05) is 37.8 Å². The van der Waals surface area contributed by atoms with Crippen LogP contribution in [0.2, 0.25) is 0 Å². The molecule has 1 unspecified atom stereocenters. The summed E-state index contributed by atoms with van der Waals surface area (Å²) in [6, 6.07) is 7.64. The highest BCUT2D eigenvalue weighted by Gasteiger charge is 2.36. The molecule has 0 saturated carbocycles. The van der Waals surface area contributed by atoms with Crippen molar-refractivity contribution in [3.8, 4) is 17.8 Å². The first-order valence-corrected chi connectivity index (χ1v) is 15.5. The highest BCUT2D eigenvalue weighted by Crippen LogP contribution is 2.34. The van der Waals surface area contributed by atoms with Crippen molar-refractivity contribution in [1.29, 1.82) is 5.26 Å². The van der Waals surface area contributed by atoms with Gasteiger partial charge in [0.25, 0.3) is 0 Å². The molecule has 44 heavy (non-hydrogen) atoms. The molecule has 0 radical (unpaired) electrons. The second kappa shape index (κ2) is 13.4. The number of carbonyl (C=O) groups is 1. The van der Waals surface area contributed by atoms with Crippen molar-refractivity contribution >= 4 is 17.6 Å². The molecule has 2 aromatic rings. The summed E-state index contributed by atoms with van der Waals surface area (Å²) in [5.41, 5.74) is 1.61. The molecule has 1 amide bonds. The van der Waals surface area contributed by atoms with E-state index in [2.05, 4.69) is 22.9 Å². The van der Waals surface area contributed by atoms with E-state index in [9.17, 15) is 10.1 Å². The first-order chi connectivity index (χ1) is 21.1. The van der Waals surface area contributed by atoms with Crippen LogP contribution in [0.25, 0.3) is 0 Å². The molecule has 2 fully saturated rings. The highest BCUT2D eigenvalue weighted by molar-refractivity contribution is 5.69. The second-order valence-corrected chi connectivity index (χ2v) is 12.8. The van der Waals surface area contributed by atoms with Crippen molar-refractivity contribution in [1.82, 2.24) is 19.8 Å². The number of nitriles is 1. The van der Waals surface area contributed by atoms with E-state index in [4.69, 9.17) is 24.2 Å². The molecule has 2 atom stereocenters. The summed E-state index contributed by atoms with van der Waals surface area (Å²) in [5, 5.41) is 9.63. The summed E-state index contributed by atoms with van der Waals surface area (Å²) in [6.07, 6.45) is 3.41. The van der Waals surface area contributed by atoms with Gasteiger partial charge in [-0.3, -0.25) is 0 Å². The van der Waals surface area contributed by atoms with Gasteiger partial charge in [-0.1, -0.05) is 6.07 Å². The van der Waals surface area contributed by atoms with Crippen LogP contribution in [0.4, 0.5) is 20.7 Å². The van der Waals surface area contributed by atoms with Crippen molar-refractivity contribution in [3.63, 3.8) is 0 Å². The number of nitrogens with zero attached hydrogens (tertiary/aromatic N) is 7. The van der Waals surface area contributed by atoms with Crippen molar-refractivity contribution in [2.75, 3.05) is 63.3 Å². The van der Waals surface area contributed by atoms with Gasteiger partial charge in [0.05, 0.1) is 43.6 Å². The predicted molar refractivity (Wildman–Crippen MR) is 165 cm³/mol. The molecular formula is C32H44FN7O4. The van der Waals surface area contributed by atoms with Crippen LogP contribution in [0.15, 0.2) is 18.2 Å². The Morgan fingerprint density at radius 1 is 1.11 bits per heavy atom. The van der Waals surface area contributed by atoms with Crippen LogP contribution in [0.5, 0.6) is 11.8 Å². The van der Waals surface area contributed by atoms with Gasteiger partial charge in [0.1, 0.15) is 18.0 Å². The Morgan fingerprint density at radius 2 is 1.93 bits per heavy atom. The summed E-state index contributed by atoms with van der Waals surface area (Å²) < 4.78 is 32.5. The molecule has 0 aliphatic carbocycles. The summed E-state index contributed by atoms with van der Waals surface area (Å²) >= 11 is 0. The summed E-state index contributed by atoms with van der Waals surface area (Å²) in [4.78, 5) is 31.0. The summed E-state index contributed by atoms with van der Waals surface area (Å²) in [6.45, 7) is 9.37. The Kier molecular flexibility index (Phi) is 9.63. The number of anilines is 2. The maximum absolute atomic E-state index is 15.4. The van der Waals surface area contributed by atoms with Crippen LogP contribution >= 0.6 is 0 Å². The SMILES string of the molecule is COc1cccc(N2CCCc3c(nc(OC[C@@H]4CCCN4C)nc3N3CCN(C(=O)OC(C)(C)C)C(CC#N)C3)C2)c1F. The Balaban J connectivity index is 1.47. The number of piperazine rings is 1. The molecule has 3 aliphatic heterocycles. The molecule has 238 valence electrons. The van der Waals surface area contributed by atoms with E-state index in [0.717, 1.165) is 42.9 Å². The van der Waals surface area contributed by atoms with E-state index in [1.165, 1.54) is 7.11 Å². The van der Waals surface area contributed by atoms with Crippen LogP contribution in [0.3, 0.4) is 0 Å². The lowest BCUT2D eigenvalue weighted by Gasteiger charge is -2.42. The number of likely N-dealkylation sites (N-methyl/N-ethyl adjacent to an activating group) is 1. The minimum absolute atomic E-state index is 0.170. The molecule has 11 nitrogen and oxygen atoms in total. The lowest BCUT2D eigenvalue weighted by atomic mass is 10.1. The van der Waals surface area contributed by atoms with Crippen LogP contribution in [-0.2, 0) is 17.7 Å². The Hall–Kier alpha value is -3.85. The third kappa shape index (κ3) is 7.09. The van der Waals surface area contributed by atoms with Crippen LogP contribution < -0.4 is 19.3 Å². The minimum atomic E-state index is -0.636. The molecule has 3 aliphatic rings. The number of hydrogen-bond donors (Lipinski definition) is 0. The number of halogens is 1. The Morgan fingerprint density at radius 3 is 2.64 bits per heavy atom. The first-order valence-electron chi connectivity index (χ1n) is 15.5. The van der Waals surface area contributed by atoms with Crippen LogP contribution in [-0.4, -0.2) is 97.0 Å². The molecule has 0 N–H and O–H groups in total. The minimum Gasteiger partial charge on any atom is -0.494 e. The van der Waals surface area contributed by atoms with E-state index in [-0.39, 0.29) is 18.2 Å². The lowest BCUT2D eigenvalue weighted by molar-refractivity contribution is 0.0144. The lowest BCUT2D eigenvalue weighted by Crippen LogP contribution is -2.56. The van der Waals surface area contributed by atoms with Gasteiger partial charge in [-0.2, -0.15) is 15.2 Å². The fourth-order valence-electron chi connectivity index (χ4n) is 6.27. The molecule has 12 heteroatoms. The number of hydrogen-bond acceptors (Lipinski definition) is 10. The van der Waals surface area contributed by atoms with Gasteiger partial charge >= 0.3 is 12.1 Å². The van der Waals surface area contributed by atoms with Crippen molar-refractivity contribution < 1.29 is 23.4 Å². The first kappa shape index (κ1) is 31.6. The average molecular weight is 610 g/mol. The van der Waals surface area contributed by atoms with Gasteiger partial charge in [-0.15, -0.1) is 0 Å². The van der Waals surface area contributed by atoms with E-state index >= 15 is 4.39 Å². The Labute approximate surface area is 259 Å². The van der Waals surface area contributed by atoms with Crippen molar-refractivity contribution in [2.45, 2.75) is 77.1 Å². The number of aromatic nitrogens is 2. The normalized spacial score (nSPS) is 21.0. The van der Waals surface area contributed by atoms with Gasteiger partial charge in [0.2, 0.25) is 0 Å². The largest absolute Gasteiger partial charge is 0.494 e. The standard InChI is InChI=1S/C32H44FN7O4/c1-32(2,3)44-31(41)40-18-17-39(19-22(40)13-14-34)29-24-10-8-16-38(26-11-6-12-27(42-5)28(26)33)20-25(24)35-30(36-29)43-21-23-9-7-15-37(23)4/h6,11-12,22-23H,7-10,13,15-21H2,1-5H3/t22?,23-/m0/s1. The quantitative estimate of drug-likeness (QED) is 0.449. The van der Waals surface area contributed by atoms with Gasteiger partial charge in [-0.05, 0) is 72.2 Å². The Bertz CT molecular complexity index is 1380. The van der Waals surface area contributed by atoms with Crippen LogP contribution in [0.1, 0.15) is 57.7 Å². The van der Waals surface area contributed by atoms with Crippen molar-refractivity contribution in [2.24, 2.45) is 0 Å². The molecule has 1 aromatic heterocycles. The molecule has 5 rings (SSSR count). The summed E-state index contributed by atoms with van der Waals surface area (Å²) in [5.74, 6) is 0.557. The van der Waals surface area contributed by atoms with E-state index < -0.39 is 17.5 Å². The molecule has 0 spiro atoms. The molecule has 1 aromatic carbocycles. The van der Waals surface area contributed by atoms with Gasteiger partial charge in [0.15, 0.2) is 11.6 Å². The maximum atomic E-state index is 15.4. The zero-order valence-corrected chi connectivity index (χ0v) is 26.5. The maximum Gasteiger partial charge on any atom is 0.410 e.